The zero-order valence-electron chi connectivity index (χ0n) is 17.4. The van der Waals surface area contributed by atoms with Crippen LogP contribution in [0.2, 0.25) is 0 Å². The molecule has 32 heavy (non-hydrogen) atoms. The van der Waals surface area contributed by atoms with E-state index in [0.717, 1.165) is 37.8 Å². The SMILES string of the molecule is Cc1ccc(C)c(NC(=S)N=Nc2c(O)n(Cc3ccc(F)cc3)c3ccc(Br)cc23)c1. The summed E-state index contributed by atoms with van der Waals surface area (Å²) in [5.74, 6) is -0.348. The van der Waals surface area contributed by atoms with Crippen LogP contribution in [-0.4, -0.2) is 14.8 Å². The van der Waals surface area contributed by atoms with Crippen molar-refractivity contribution in [3.63, 3.8) is 0 Å². The Hall–Kier alpha value is -3.10. The predicted octanol–water partition coefficient (Wildman–Crippen LogP) is 7.39. The average Bonchev–Trinajstić information content (AvgIpc) is 3.01. The molecule has 5 nitrogen and oxygen atoms in total. The minimum absolute atomic E-state index is 0.0410. The van der Waals surface area contributed by atoms with Crippen LogP contribution in [0.15, 0.2) is 75.4 Å². The van der Waals surface area contributed by atoms with Crippen LogP contribution in [0.4, 0.5) is 15.8 Å². The lowest BCUT2D eigenvalue weighted by Crippen LogP contribution is -2.06. The lowest BCUT2D eigenvalue weighted by atomic mass is 10.1. The van der Waals surface area contributed by atoms with E-state index < -0.39 is 0 Å². The maximum atomic E-state index is 13.3. The van der Waals surface area contributed by atoms with E-state index in [1.807, 2.05) is 50.2 Å². The Kier molecular flexibility index (Phi) is 6.34. The Balaban J connectivity index is 1.68. The number of benzene rings is 3. The summed E-state index contributed by atoms with van der Waals surface area (Å²) in [5, 5.41) is 23.4. The zero-order chi connectivity index (χ0) is 22.8. The number of fused-ring (bicyclic) bond motifs is 1. The van der Waals surface area contributed by atoms with E-state index in [9.17, 15) is 9.50 Å². The molecule has 0 saturated heterocycles. The zero-order valence-corrected chi connectivity index (χ0v) is 19.8. The minimum Gasteiger partial charge on any atom is -0.493 e. The molecule has 0 aliphatic carbocycles. The quantitative estimate of drug-likeness (QED) is 0.222. The van der Waals surface area contributed by atoms with Crippen LogP contribution in [0.25, 0.3) is 10.9 Å². The van der Waals surface area contributed by atoms with Gasteiger partial charge in [0.25, 0.3) is 0 Å². The van der Waals surface area contributed by atoms with Crippen molar-refractivity contribution in [2.24, 2.45) is 10.2 Å². The summed E-state index contributed by atoms with van der Waals surface area (Å²) in [7, 11) is 0. The summed E-state index contributed by atoms with van der Waals surface area (Å²) >= 11 is 8.82. The molecule has 0 aliphatic rings. The van der Waals surface area contributed by atoms with E-state index >= 15 is 0 Å². The van der Waals surface area contributed by atoms with E-state index in [1.54, 1.807) is 16.7 Å². The highest BCUT2D eigenvalue weighted by Crippen LogP contribution is 2.40. The van der Waals surface area contributed by atoms with Gasteiger partial charge < -0.3 is 15.0 Å². The molecule has 162 valence electrons. The number of aryl methyl sites for hydroxylation is 2. The normalized spacial score (nSPS) is 11.4. The number of aromatic hydroxyl groups is 1. The summed E-state index contributed by atoms with van der Waals surface area (Å²) in [4.78, 5) is 0. The number of azo groups is 1. The van der Waals surface area contributed by atoms with Crippen LogP contribution in [0.5, 0.6) is 5.88 Å². The van der Waals surface area contributed by atoms with Gasteiger partial charge in [-0.1, -0.05) is 40.2 Å². The van der Waals surface area contributed by atoms with E-state index in [0.29, 0.717) is 12.2 Å². The standard InChI is InChI=1S/C24H20BrFN4OS/c1-14-3-4-15(2)20(11-14)27-24(32)29-28-22-19-12-17(25)7-10-21(19)30(23(22)31)13-16-5-8-18(26)9-6-16/h3-12,31H,13H2,1-2H3,(H,27,32). The van der Waals surface area contributed by atoms with Gasteiger partial charge in [0, 0.05) is 15.5 Å². The smallest absolute Gasteiger partial charge is 0.221 e. The molecule has 0 spiro atoms. The summed E-state index contributed by atoms with van der Waals surface area (Å²) in [6.07, 6.45) is 0. The molecule has 4 rings (SSSR count). The second-order valence-electron chi connectivity index (χ2n) is 7.49. The monoisotopic (exact) mass is 510 g/mol. The van der Waals surface area contributed by atoms with E-state index in [1.165, 1.54) is 12.1 Å². The largest absolute Gasteiger partial charge is 0.493 e. The summed E-state index contributed by atoms with van der Waals surface area (Å²) in [6.45, 7) is 4.33. The highest BCUT2D eigenvalue weighted by Gasteiger charge is 2.17. The van der Waals surface area contributed by atoms with Gasteiger partial charge in [0.15, 0.2) is 5.69 Å². The third kappa shape index (κ3) is 4.71. The molecule has 0 amide bonds. The maximum Gasteiger partial charge on any atom is 0.221 e. The van der Waals surface area contributed by atoms with Gasteiger partial charge in [-0.25, -0.2) is 4.39 Å². The van der Waals surface area contributed by atoms with Gasteiger partial charge >= 0.3 is 0 Å². The molecule has 0 unspecified atom stereocenters. The lowest BCUT2D eigenvalue weighted by molar-refractivity contribution is 0.429. The van der Waals surface area contributed by atoms with Crippen LogP contribution in [0.1, 0.15) is 16.7 Å². The molecule has 8 heteroatoms. The van der Waals surface area contributed by atoms with Crippen LogP contribution in [-0.2, 0) is 6.54 Å². The van der Waals surface area contributed by atoms with E-state index in [2.05, 4.69) is 31.5 Å². The second kappa shape index (κ2) is 9.18. The van der Waals surface area contributed by atoms with Crippen molar-refractivity contribution in [3.05, 3.63) is 87.6 Å². The fraction of sp³-hybridized carbons (Fsp3) is 0.125. The third-order valence-corrected chi connectivity index (χ3v) is 5.78. The van der Waals surface area contributed by atoms with Gasteiger partial charge in [0.05, 0.1) is 12.1 Å². The summed E-state index contributed by atoms with van der Waals surface area (Å²) in [6, 6.07) is 17.8. The minimum atomic E-state index is -0.307. The van der Waals surface area contributed by atoms with Gasteiger partial charge in [-0.05, 0) is 79.2 Å². The van der Waals surface area contributed by atoms with Gasteiger partial charge in [-0.15, -0.1) is 10.2 Å². The van der Waals surface area contributed by atoms with Gasteiger partial charge in [-0.3, -0.25) is 0 Å². The molecule has 0 radical (unpaired) electrons. The molecular weight excluding hydrogens is 491 g/mol. The molecule has 3 aromatic carbocycles. The molecular formula is C24H20BrFN4OS. The van der Waals surface area contributed by atoms with Gasteiger partial charge in [0.1, 0.15) is 5.82 Å². The molecule has 1 aromatic heterocycles. The molecule has 1 heterocycles. The Morgan fingerprint density at radius 2 is 1.84 bits per heavy atom. The topological polar surface area (TPSA) is 61.9 Å². The van der Waals surface area contributed by atoms with E-state index in [-0.39, 0.29) is 16.8 Å². The summed E-state index contributed by atoms with van der Waals surface area (Å²) in [5.41, 5.74) is 4.93. The fourth-order valence-electron chi connectivity index (χ4n) is 3.43. The second-order valence-corrected chi connectivity index (χ2v) is 8.80. The van der Waals surface area contributed by atoms with Crippen LogP contribution in [0, 0.1) is 19.7 Å². The number of nitrogens with one attached hydrogen (secondary N) is 1. The number of hydrogen-bond acceptors (Lipinski definition) is 3. The van der Waals surface area contributed by atoms with Crippen molar-refractivity contribution in [2.45, 2.75) is 20.4 Å². The fourth-order valence-corrected chi connectivity index (χ4v) is 3.94. The number of aromatic nitrogens is 1. The van der Waals surface area contributed by atoms with Crippen molar-refractivity contribution in [1.29, 1.82) is 0 Å². The number of thiocarbonyl (C=S) groups is 1. The van der Waals surface area contributed by atoms with Gasteiger partial charge in [-0.2, -0.15) is 0 Å². The van der Waals surface area contributed by atoms with Crippen LogP contribution < -0.4 is 5.32 Å². The molecule has 0 saturated carbocycles. The average molecular weight is 511 g/mol. The number of halogens is 2. The maximum absolute atomic E-state index is 13.3. The van der Waals surface area contributed by atoms with Crippen molar-refractivity contribution in [1.82, 2.24) is 4.57 Å². The molecule has 0 aliphatic heterocycles. The number of hydrogen-bond donors (Lipinski definition) is 2. The number of nitrogens with zero attached hydrogens (tertiary/aromatic N) is 3. The lowest BCUT2D eigenvalue weighted by Gasteiger charge is -2.08. The predicted molar refractivity (Wildman–Crippen MR) is 133 cm³/mol. The Labute approximate surface area is 198 Å². The third-order valence-electron chi connectivity index (χ3n) is 5.10. The molecule has 0 fully saturated rings. The first-order chi connectivity index (χ1) is 15.3. The Morgan fingerprint density at radius 1 is 1.09 bits per heavy atom. The van der Waals surface area contributed by atoms with Crippen molar-refractivity contribution >= 4 is 55.5 Å². The first-order valence-corrected chi connectivity index (χ1v) is 11.1. The highest BCUT2D eigenvalue weighted by atomic mass is 79.9. The number of rotatable bonds is 4. The molecule has 0 atom stereocenters. The highest BCUT2D eigenvalue weighted by molar-refractivity contribution is 9.10. The molecule has 0 bridgehead atoms. The first kappa shape index (κ1) is 22.1. The van der Waals surface area contributed by atoms with E-state index in [4.69, 9.17) is 12.2 Å². The van der Waals surface area contributed by atoms with Crippen molar-refractivity contribution in [2.75, 3.05) is 5.32 Å². The van der Waals surface area contributed by atoms with Crippen LogP contribution in [0.3, 0.4) is 0 Å². The Morgan fingerprint density at radius 3 is 2.59 bits per heavy atom. The molecule has 4 aromatic rings. The Bertz CT molecular complexity index is 1350. The number of anilines is 1. The molecule has 2 N–H and O–H groups in total. The first-order valence-electron chi connectivity index (χ1n) is 9.87. The van der Waals surface area contributed by atoms with Crippen LogP contribution >= 0.6 is 28.1 Å². The van der Waals surface area contributed by atoms with Crippen molar-refractivity contribution in [3.8, 4) is 5.88 Å². The van der Waals surface area contributed by atoms with Gasteiger partial charge in [0.2, 0.25) is 11.0 Å². The van der Waals surface area contributed by atoms with Crippen molar-refractivity contribution < 1.29 is 9.50 Å². The summed E-state index contributed by atoms with van der Waals surface area (Å²) < 4.78 is 15.8.